The van der Waals surface area contributed by atoms with E-state index in [0.717, 1.165) is 17.4 Å². The second-order valence-corrected chi connectivity index (χ2v) is 5.87. The molecule has 108 valence electrons. The zero-order valence-corrected chi connectivity index (χ0v) is 12.7. The zero-order valence-electron chi connectivity index (χ0n) is 12.7. The summed E-state index contributed by atoms with van der Waals surface area (Å²) in [4.78, 5) is 11.3. The molecule has 0 atom stereocenters. The number of benzene rings is 2. The van der Waals surface area contributed by atoms with Gasteiger partial charge in [0.1, 0.15) is 11.4 Å². The highest BCUT2D eigenvalue weighted by Gasteiger charge is 2.12. The molecule has 0 N–H and O–H groups in total. The van der Waals surface area contributed by atoms with Crippen LogP contribution in [-0.4, -0.2) is 11.9 Å². The smallest absolute Gasteiger partial charge is 0.150 e. The Morgan fingerprint density at radius 3 is 2.24 bits per heavy atom. The van der Waals surface area contributed by atoms with E-state index in [1.807, 2.05) is 75.4 Å². The lowest BCUT2D eigenvalue weighted by Crippen LogP contribution is -2.23. The topological polar surface area (TPSA) is 26.3 Å². The molecule has 0 bridgehead atoms. The molecular formula is C19H20O2. The first kappa shape index (κ1) is 15.0. The summed E-state index contributed by atoms with van der Waals surface area (Å²) in [5.41, 5.74) is 2.34. The van der Waals surface area contributed by atoms with Crippen molar-refractivity contribution in [1.82, 2.24) is 0 Å². The van der Waals surface area contributed by atoms with Crippen molar-refractivity contribution >= 4 is 18.4 Å². The van der Waals surface area contributed by atoms with E-state index in [9.17, 15) is 4.79 Å². The van der Waals surface area contributed by atoms with Crippen molar-refractivity contribution in [3.05, 3.63) is 65.2 Å². The van der Waals surface area contributed by atoms with E-state index in [-0.39, 0.29) is 5.60 Å². The van der Waals surface area contributed by atoms with Crippen LogP contribution < -0.4 is 4.74 Å². The van der Waals surface area contributed by atoms with Crippen LogP contribution in [0.3, 0.4) is 0 Å². The fraction of sp³-hybridized carbons (Fsp3) is 0.211. The number of carbonyl (C=O) groups excluding carboxylic acids is 1. The lowest BCUT2D eigenvalue weighted by atomic mass is 10.1. The van der Waals surface area contributed by atoms with Gasteiger partial charge in [-0.25, -0.2) is 0 Å². The monoisotopic (exact) mass is 280 g/mol. The Balaban J connectivity index is 2.24. The Bertz CT molecular complexity index is 634. The standard InChI is InChI=1S/C19H20O2/c1-19(2,3)21-18-12-11-16(17(13-18)14-20)10-9-15-7-5-4-6-8-15/h4-14H,1-3H3/b10-9+. The Morgan fingerprint density at radius 2 is 1.62 bits per heavy atom. The molecule has 0 spiro atoms. The van der Waals surface area contributed by atoms with Gasteiger partial charge in [0.05, 0.1) is 0 Å². The molecule has 2 aromatic carbocycles. The molecule has 0 unspecified atom stereocenters. The molecule has 0 radical (unpaired) electrons. The molecule has 0 saturated carbocycles. The molecule has 0 heterocycles. The predicted octanol–water partition coefficient (Wildman–Crippen LogP) is 4.85. The average Bonchev–Trinajstić information content (AvgIpc) is 2.45. The van der Waals surface area contributed by atoms with Crippen molar-refractivity contribution < 1.29 is 9.53 Å². The molecule has 2 heteroatoms. The molecule has 0 aliphatic heterocycles. The van der Waals surface area contributed by atoms with Gasteiger partial charge in [0.15, 0.2) is 6.29 Å². The highest BCUT2D eigenvalue weighted by Crippen LogP contribution is 2.22. The summed E-state index contributed by atoms with van der Waals surface area (Å²) in [5.74, 6) is 0.710. The number of ether oxygens (including phenoxy) is 1. The van der Waals surface area contributed by atoms with Crippen molar-refractivity contribution in [1.29, 1.82) is 0 Å². The number of hydrogen-bond acceptors (Lipinski definition) is 2. The first-order valence-corrected chi connectivity index (χ1v) is 6.99. The van der Waals surface area contributed by atoms with Crippen LogP contribution in [0.5, 0.6) is 5.75 Å². The number of carbonyl (C=O) groups is 1. The molecule has 0 aliphatic carbocycles. The highest BCUT2D eigenvalue weighted by molar-refractivity contribution is 5.85. The van der Waals surface area contributed by atoms with E-state index in [1.165, 1.54) is 0 Å². The third kappa shape index (κ3) is 4.60. The summed E-state index contributed by atoms with van der Waals surface area (Å²) in [6.07, 6.45) is 4.80. The fourth-order valence-corrected chi connectivity index (χ4v) is 1.97. The van der Waals surface area contributed by atoms with Crippen LogP contribution in [0.25, 0.3) is 12.2 Å². The minimum Gasteiger partial charge on any atom is -0.488 e. The molecule has 0 saturated heterocycles. The molecule has 0 amide bonds. The van der Waals surface area contributed by atoms with Crippen molar-refractivity contribution in [2.24, 2.45) is 0 Å². The molecular weight excluding hydrogens is 260 g/mol. The van der Waals surface area contributed by atoms with Gasteiger partial charge in [-0.3, -0.25) is 4.79 Å². The van der Waals surface area contributed by atoms with Crippen LogP contribution >= 0.6 is 0 Å². The second-order valence-electron chi connectivity index (χ2n) is 5.87. The van der Waals surface area contributed by atoms with E-state index in [2.05, 4.69) is 0 Å². The third-order valence-corrected chi connectivity index (χ3v) is 2.86. The van der Waals surface area contributed by atoms with Crippen molar-refractivity contribution in [3.8, 4) is 5.75 Å². The Labute approximate surface area is 126 Å². The first-order chi connectivity index (χ1) is 9.98. The summed E-state index contributed by atoms with van der Waals surface area (Å²) >= 11 is 0. The first-order valence-electron chi connectivity index (χ1n) is 6.99. The van der Waals surface area contributed by atoms with Gasteiger partial charge in [-0.15, -0.1) is 0 Å². The lowest BCUT2D eigenvalue weighted by Gasteiger charge is -2.21. The molecule has 0 aliphatic rings. The van der Waals surface area contributed by atoms with Crippen LogP contribution in [0.2, 0.25) is 0 Å². The van der Waals surface area contributed by atoms with E-state index in [0.29, 0.717) is 11.3 Å². The van der Waals surface area contributed by atoms with E-state index in [4.69, 9.17) is 4.74 Å². The maximum Gasteiger partial charge on any atom is 0.150 e. The summed E-state index contributed by atoms with van der Waals surface area (Å²) < 4.78 is 5.78. The zero-order chi connectivity index (χ0) is 15.3. The normalized spacial score (nSPS) is 11.6. The Kier molecular flexibility index (Phi) is 4.59. The summed E-state index contributed by atoms with van der Waals surface area (Å²) in [7, 11) is 0. The Morgan fingerprint density at radius 1 is 0.905 bits per heavy atom. The van der Waals surface area contributed by atoms with Gasteiger partial charge in [0.25, 0.3) is 0 Å². The molecule has 2 rings (SSSR count). The maximum atomic E-state index is 11.3. The van der Waals surface area contributed by atoms with Crippen LogP contribution in [0, 0.1) is 0 Å². The molecule has 2 nitrogen and oxygen atoms in total. The van der Waals surface area contributed by atoms with Crippen LogP contribution in [0.1, 0.15) is 42.3 Å². The maximum absolute atomic E-state index is 11.3. The van der Waals surface area contributed by atoms with Crippen LogP contribution in [0.4, 0.5) is 0 Å². The highest BCUT2D eigenvalue weighted by atomic mass is 16.5. The lowest BCUT2D eigenvalue weighted by molar-refractivity contribution is 0.111. The van der Waals surface area contributed by atoms with Crippen molar-refractivity contribution in [3.63, 3.8) is 0 Å². The Hall–Kier alpha value is -2.35. The molecule has 2 aromatic rings. The van der Waals surface area contributed by atoms with Gasteiger partial charge in [-0.2, -0.15) is 0 Å². The molecule has 21 heavy (non-hydrogen) atoms. The average molecular weight is 280 g/mol. The SMILES string of the molecule is CC(C)(C)Oc1ccc(/C=C/c2ccccc2)c(C=O)c1. The summed E-state index contributed by atoms with van der Waals surface area (Å²) in [5, 5.41) is 0. The minimum absolute atomic E-state index is 0.276. The van der Waals surface area contributed by atoms with Gasteiger partial charge in [-0.05, 0) is 44.0 Å². The second kappa shape index (κ2) is 6.40. The molecule has 0 aromatic heterocycles. The van der Waals surface area contributed by atoms with E-state index in [1.54, 1.807) is 6.07 Å². The van der Waals surface area contributed by atoms with Gasteiger partial charge < -0.3 is 4.74 Å². The predicted molar refractivity (Wildman–Crippen MR) is 87.6 cm³/mol. The molecule has 0 fully saturated rings. The number of aldehydes is 1. The summed E-state index contributed by atoms with van der Waals surface area (Å²) in [6, 6.07) is 15.6. The van der Waals surface area contributed by atoms with Crippen LogP contribution in [-0.2, 0) is 0 Å². The number of hydrogen-bond donors (Lipinski definition) is 0. The van der Waals surface area contributed by atoms with Gasteiger partial charge in [-0.1, -0.05) is 48.6 Å². The minimum atomic E-state index is -0.276. The fourth-order valence-electron chi connectivity index (χ4n) is 1.97. The quantitative estimate of drug-likeness (QED) is 0.591. The third-order valence-electron chi connectivity index (χ3n) is 2.86. The van der Waals surface area contributed by atoms with Gasteiger partial charge in [0, 0.05) is 5.56 Å². The number of rotatable bonds is 4. The van der Waals surface area contributed by atoms with Gasteiger partial charge in [0.2, 0.25) is 0 Å². The summed E-state index contributed by atoms with van der Waals surface area (Å²) in [6.45, 7) is 5.95. The van der Waals surface area contributed by atoms with Crippen molar-refractivity contribution in [2.45, 2.75) is 26.4 Å². The van der Waals surface area contributed by atoms with E-state index >= 15 is 0 Å². The van der Waals surface area contributed by atoms with E-state index < -0.39 is 0 Å². The van der Waals surface area contributed by atoms with Crippen molar-refractivity contribution in [2.75, 3.05) is 0 Å². The largest absolute Gasteiger partial charge is 0.488 e. The van der Waals surface area contributed by atoms with Crippen LogP contribution in [0.15, 0.2) is 48.5 Å². The van der Waals surface area contributed by atoms with Gasteiger partial charge >= 0.3 is 0 Å².